The van der Waals surface area contributed by atoms with Crippen LogP contribution < -0.4 is 16.0 Å². The van der Waals surface area contributed by atoms with Crippen molar-refractivity contribution in [2.45, 2.75) is 13.0 Å². The van der Waals surface area contributed by atoms with Gasteiger partial charge in [0.05, 0.1) is 31.6 Å². The lowest BCUT2D eigenvalue weighted by Gasteiger charge is -2.25. The van der Waals surface area contributed by atoms with Crippen molar-refractivity contribution in [2.24, 2.45) is 0 Å². The number of pyridine rings is 2. The summed E-state index contributed by atoms with van der Waals surface area (Å²) in [7, 11) is 0. The number of ether oxygens (including phenoxy) is 1. The number of nitrogens with one attached hydrogen (secondary N) is 3. The van der Waals surface area contributed by atoms with Crippen molar-refractivity contribution >= 4 is 23.2 Å². The van der Waals surface area contributed by atoms with Gasteiger partial charge in [0.15, 0.2) is 0 Å². The number of hydrogen-bond acceptors (Lipinski definition) is 7. The number of carbonyl (C=O) groups is 1. The number of carbonyl (C=O) groups excluding carboxylic acids is 1. The Kier molecular flexibility index (Phi) is 5.57. The predicted octanol–water partition coefficient (Wildman–Crippen LogP) is 1.14. The van der Waals surface area contributed by atoms with Gasteiger partial charge in [-0.2, -0.15) is 0 Å². The minimum atomic E-state index is -0.0611. The van der Waals surface area contributed by atoms with Crippen molar-refractivity contribution in [1.29, 1.82) is 0 Å². The van der Waals surface area contributed by atoms with Crippen LogP contribution in [0.25, 0.3) is 0 Å². The molecule has 1 saturated heterocycles. The average molecular weight is 368 g/mol. The van der Waals surface area contributed by atoms with Gasteiger partial charge >= 0.3 is 0 Å². The van der Waals surface area contributed by atoms with E-state index in [1.165, 1.54) is 11.1 Å². The Morgan fingerprint density at radius 3 is 2.81 bits per heavy atom. The summed E-state index contributed by atoms with van der Waals surface area (Å²) in [6.45, 7) is 5.17. The maximum absolute atomic E-state index is 12.1. The molecule has 8 nitrogen and oxygen atoms in total. The highest BCUT2D eigenvalue weighted by molar-refractivity contribution is 5.91. The largest absolute Gasteiger partial charge is 0.379 e. The smallest absolute Gasteiger partial charge is 0.239 e. The van der Waals surface area contributed by atoms with Crippen LogP contribution in [0, 0.1) is 0 Å². The van der Waals surface area contributed by atoms with Crippen LogP contribution in [0.1, 0.15) is 11.1 Å². The molecule has 142 valence electrons. The number of anilines is 3. The van der Waals surface area contributed by atoms with E-state index in [1.807, 2.05) is 12.3 Å². The van der Waals surface area contributed by atoms with Crippen LogP contribution in [0.5, 0.6) is 0 Å². The van der Waals surface area contributed by atoms with Crippen molar-refractivity contribution in [3.8, 4) is 0 Å². The third-order valence-corrected chi connectivity index (χ3v) is 4.74. The first-order valence-corrected chi connectivity index (χ1v) is 9.28. The maximum Gasteiger partial charge on any atom is 0.239 e. The van der Waals surface area contributed by atoms with Crippen LogP contribution in [0.3, 0.4) is 0 Å². The third kappa shape index (κ3) is 4.79. The second-order valence-corrected chi connectivity index (χ2v) is 6.76. The molecule has 0 bridgehead atoms. The monoisotopic (exact) mass is 368 g/mol. The molecule has 1 fully saturated rings. The molecular weight excluding hydrogens is 344 g/mol. The van der Waals surface area contributed by atoms with Gasteiger partial charge in [0.25, 0.3) is 0 Å². The van der Waals surface area contributed by atoms with E-state index >= 15 is 0 Å². The molecule has 2 aliphatic rings. The molecule has 0 saturated carbocycles. The zero-order chi connectivity index (χ0) is 18.5. The van der Waals surface area contributed by atoms with Gasteiger partial charge in [0, 0.05) is 25.8 Å². The zero-order valence-electron chi connectivity index (χ0n) is 15.2. The second kappa shape index (κ2) is 8.43. The number of morpholine rings is 1. The van der Waals surface area contributed by atoms with Crippen LogP contribution in [-0.4, -0.2) is 60.2 Å². The SMILES string of the molecule is O=C(CN1CCOCC1)Nc1ccc(Nc2cc3c(cn2)CCNC3)cn1. The summed E-state index contributed by atoms with van der Waals surface area (Å²) in [5.41, 5.74) is 3.41. The lowest BCUT2D eigenvalue weighted by molar-refractivity contribution is -0.118. The number of aromatic nitrogens is 2. The van der Waals surface area contributed by atoms with Crippen molar-refractivity contribution in [2.75, 3.05) is 50.0 Å². The normalized spacial score (nSPS) is 17.2. The molecule has 4 heterocycles. The molecule has 27 heavy (non-hydrogen) atoms. The molecule has 2 aliphatic heterocycles. The van der Waals surface area contributed by atoms with Gasteiger partial charge in [-0.1, -0.05) is 0 Å². The minimum absolute atomic E-state index is 0.0611. The molecule has 0 aliphatic carbocycles. The highest BCUT2D eigenvalue weighted by Gasteiger charge is 2.14. The minimum Gasteiger partial charge on any atom is -0.379 e. The summed E-state index contributed by atoms with van der Waals surface area (Å²) < 4.78 is 5.29. The Morgan fingerprint density at radius 1 is 1.15 bits per heavy atom. The average Bonchev–Trinajstić information content (AvgIpc) is 2.70. The summed E-state index contributed by atoms with van der Waals surface area (Å²) in [5, 5.41) is 9.47. The molecule has 8 heteroatoms. The van der Waals surface area contributed by atoms with Crippen LogP contribution >= 0.6 is 0 Å². The molecule has 1 amide bonds. The first-order chi connectivity index (χ1) is 13.3. The molecule has 0 atom stereocenters. The van der Waals surface area contributed by atoms with Gasteiger partial charge < -0.3 is 20.7 Å². The van der Waals surface area contributed by atoms with Gasteiger partial charge in [0.1, 0.15) is 11.6 Å². The van der Waals surface area contributed by atoms with Crippen molar-refractivity contribution in [1.82, 2.24) is 20.2 Å². The highest BCUT2D eigenvalue weighted by Crippen LogP contribution is 2.20. The Hall–Kier alpha value is -2.55. The molecule has 0 spiro atoms. The van der Waals surface area contributed by atoms with Gasteiger partial charge in [-0.15, -0.1) is 0 Å². The third-order valence-electron chi connectivity index (χ3n) is 4.74. The van der Waals surface area contributed by atoms with Crippen LogP contribution in [0.4, 0.5) is 17.3 Å². The molecule has 3 N–H and O–H groups in total. The fourth-order valence-corrected chi connectivity index (χ4v) is 3.26. The molecule has 4 rings (SSSR count). The van der Waals surface area contributed by atoms with E-state index < -0.39 is 0 Å². The molecule has 0 radical (unpaired) electrons. The lowest BCUT2D eigenvalue weighted by Crippen LogP contribution is -2.41. The van der Waals surface area contributed by atoms with E-state index in [0.717, 1.165) is 44.1 Å². The summed E-state index contributed by atoms with van der Waals surface area (Å²) in [4.78, 5) is 23.0. The molecule has 0 unspecified atom stereocenters. The van der Waals surface area contributed by atoms with E-state index in [-0.39, 0.29) is 5.91 Å². The Balaban J connectivity index is 1.32. The summed E-state index contributed by atoms with van der Waals surface area (Å²) in [6.07, 6.45) is 4.65. The fourth-order valence-electron chi connectivity index (χ4n) is 3.26. The lowest BCUT2D eigenvalue weighted by atomic mass is 10.0. The Morgan fingerprint density at radius 2 is 2.00 bits per heavy atom. The predicted molar refractivity (Wildman–Crippen MR) is 103 cm³/mol. The van der Waals surface area contributed by atoms with Crippen molar-refractivity contribution < 1.29 is 9.53 Å². The molecule has 2 aromatic heterocycles. The van der Waals surface area contributed by atoms with Crippen molar-refractivity contribution in [3.63, 3.8) is 0 Å². The van der Waals surface area contributed by atoms with Crippen molar-refractivity contribution in [3.05, 3.63) is 41.7 Å². The fraction of sp³-hybridized carbons (Fsp3) is 0.421. The molecule has 2 aromatic rings. The zero-order valence-corrected chi connectivity index (χ0v) is 15.2. The van der Waals surface area contributed by atoms with E-state index in [2.05, 4.69) is 36.9 Å². The van der Waals surface area contributed by atoms with E-state index in [1.54, 1.807) is 12.3 Å². The van der Waals surface area contributed by atoms with Crippen LogP contribution in [-0.2, 0) is 22.5 Å². The van der Waals surface area contributed by atoms with E-state index in [9.17, 15) is 4.79 Å². The quantitative estimate of drug-likeness (QED) is 0.729. The van der Waals surface area contributed by atoms with Gasteiger partial charge in [0.2, 0.25) is 5.91 Å². The number of nitrogens with zero attached hydrogens (tertiary/aromatic N) is 3. The molecule has 0 aromatic carbocycles. The van der Waals surface area contributed by atoms with Crippen LogP contribution in [0.15, 0.2) is 30.6 Å². The number of amides is 1. The van der Waals surface area contributed by atoms with Gasteiger partial charge in [-0.25, -0.2) is 9.97 Å². The first kappa shape index (κ1) is 17.8. The van der Waals surface area contributed by atoms with E-state index in [4.69, 9.17) is 4.74 Å². The Bertz CT molecular complexity index is 789. The molecular formula is C19H24N6O2. The number of rotatable bonds is 5. The summed E-state index contributed by atoms with van der Waals surface area (Å²) in [6, 6.07) is 5.75. The van der Waals surface area contributed by atoms with Gasteiger partial charge in [-0.3, -0.25) is 9.69 Å². The summed E-state index contributed by atoms with van der Waals surface area (Å²) in [5.74, 6) is 1.28. The van der Waals surface area contributed by atoms with E-state index in [0.29, 0.717) is 25.6 Å². The topological polar surface area (TPSA) is 91.4 Å². The number of fused-ring (bicyclic) bond motifs is 1. The first-order valence-electron chi connectivity index (χ1n) is 9.28. The summed E-state index contributed by atoms with van der Waals surface area (Å²) >= 11 is 0. The maximum atomic E-state index is 12.1. The van der Waals surface area contributed by atoms with Crippen LogP contribution in [0.2, 0.25) is 0 Å². The van der Waals surface area contributed by atoms with Gasteiger partial charge in [-0.05, 0) is 42.3 Å². The highest BCUT2D eigenvalue weighted by atomic mass is 16.5. The standard InChI is InChI=1S/C19H24N6O2/c26-19(13-25-5-7-27-8-6-25)24-17-2-1-16(12-22-17)23-18-9-15-10-20-4-3-14(15)11-21-18/h1-2,9,11-12,20H,3-8,10,13H2,(H,21,23)(H,22,24,26). The Labute approximate surface area is 158 Å². The number of hydrogen-bond donors (Lipinski definition) is 3. The second-order valence-electron chi connectivity index (χ2n) is 6.76.